The van der Waals surface area contributed by atoms with Gasteiger partial charge in [0.15, 0.2) is 0 Å². The number of aryl methyl sites for hydroxylation is 1. The third kappa shape index (κ3) is 2.13. The fourth-order valence-electron chi connectivity index (χ4n) is 1.40. The summed E-state index contributed by atoms with van der Waals surface area (Å²) in [6.07, 6.45) is 2.77. The number of aromatic nitrogens is 2. The number of imidazole rings is 1. The van der Waals surface area contributed by atoms with Crippen molar-refractivity contribution in [1.82, 2.24) is 9.55 Å². The lowest BCUT2D eigenvalue weighted by atomic mass is 10.0. The van der Waals surface area contributed by atoms with Gasteiger partial charge in [0, 0.05) is 26.0 Å². The first-order valence-electron chi connectivity index (χ1n) is 4.78. The number of aliphatic hydroxyl groups excluding tert-OH is 1. The van der Waals surface area contributed by atoms with Crippen LogP contribution in [-0.4, -0.2) is 26.9 Å². The van der Waals surface area contributed by atoms with Crippen LogP contribution in [0.15, 0.2) is 12.4 Å². The zero-order valence-electron chi connectivity index (χ0n) is 9.19. The number of rotatable bonds is 4. The zero-order chi connectivity index (χ0) is 10.8. The van der Waals surface area contributed by atoms with Crippen molar-refractivity contribution >= 4 is 0 Å². The van der Waals surface area contributed by atoms with Gasteiger partial charge in [0.05, 0.1) is 5.60 Å². The zero-order valence-corrected chi connectivity index (χ0v) is 9.19. The summed E-state index contributed by atoms with van der Waals surface area (Å²) in [5, 5.41) is 10.0. The summed E-state index contributed by atoms with van der Waals surface area (Å²) in [4.78, 5) is 4.10. The Bertz CT molecular complexity index is 294. The molecule has 0 aliphatic rings. The molecule has 0 aliphatic heterocycles. The highest BCUT2D eigenvalue weighted by molar-refractivity contribution is 5.01. The van der Waals surface area contributed by atoms with Gasteiger partial charge in [-0.15, -0.1) is 0 Å². The molecule has 0 aromatic carbocycles. The van der Waals surface area contributed by atoms with Crippen molar-refractivity contribution < 1.29 is 9.84 Å². The molecule has 0 fully saturated rings. The second-order valence-electron chi connectivity index (χ2n) is 3.84. The molecule has 1 aromatic heterocycles. The van der Waals surface area contributed by atoms with Gasteiger partial charge in [0.2, 0.25) is 0 Å². The highest BCUT2D eigenvalue weighted by Gasteiger charge is 2.32. The van der Waals surface area contributed by atoms with Crippen molar-refractivity contribution in [2.45, 2.75) is 32.5 Å². The van der Waals surface area contributed by atoms with Crippen LogP contribution in [0.25, 0.3) is 0 Å². The van der Waals surface area contributed by atoms with Crippen LogP contribution in [-0.2, 0) is 11.8 Å². The minimum absolute atomic E-state index is 0.578. The Hall–Kier alpha value is -0.870. The second kappa shape index (κ2) is 4.11. The third-order valence-corrected chi connectivity index (χ3v) is 2.28. The number of aliphatic hydroxyl groups is 1. The van der Waals surface area contributed by atoms with Gasteiger partial charge in [-0.3, -0.25) is 0 Å². The summed E-state index contributed by atoms with van der Waals surface area (Å²) >= 11 is 0. The van der Waals surface area contributed by atoms with E-state index in [4.69, 9.17) is 4.74 Å². The molecule has 0 saturated heterocycles. The van der Waals surface area contributed by atoms with Crippen LogP contribution in [0.1, 0.15) is 32.7 Å². The van der Waals surface area contributed by atoms with Gasteiger partial charge in [-0.25, -0.2) is 4.98 Å². The van der Waals surface area contributed by atoms with Crippen molar-refractivity contribution in [3.63, 3.8) is 0 Å². The maximum Gasteiger partial charge on any atom is 0.140 e. The van der Waals surface area contributed by atoms with E-state index in [0.29, 0.717) is 12.4 Å². The molecule has 14 heavy (non-hydrogen) atoms. The number of nitrogens with zero attached hydrogens (tertiary/aromatic N) is 2. The van der Waals surface area contributed by atoms with Gasteiger partial charge in [-0.2, -0.15) is 0 Å². The van der Waals surface area contributed by atoms with Crippen LogP contribution in [0.3, 0.4) is 0 Å². The highest BCUT2D eigenvalue weighted by atomic mass is 16.5. The van der Waals surface area contributed by atoms with Crippen LogP contribution in [0, 0.1) is 0 Å². The average Bonchev–Trinajstić information content (AvgIpc) is 2.50. The SMILES string of the molecule is CCOC(C)(C)C(O)c1nccn1C. The molecule has 0 amide bonds. The van der Waals surface area contributed by atoms with E-state index >= 15 is 0 Å². The Morgan fingerprint density at radius 2 is 2.29 bits per heavy atom. The third-order valence-electron chi connectivity index (χ3n) is 2.28. The Morgan fingerprint density at radius 3 is 2.71 bits per heavy atom. The molecule has 1 atom stereocenters. The van der Waals surface area contributed by atoms with Crippen LogP contribution >= 0.6 is 0 Å². The second-order valence-corrected chi connectivity index (χ2v) is 3.84. The van der Waals surface area contributed by atoms with E-state index in [1.165, 1.54) is 0 Å². The predicted octanol–water partition coefficient (Wildman–Crippen LogP) is 1.27. The van der Waals surface area contributed by atoms with Gasteiger partial charge in [-0.1, -0.05) is 0 Å². The highest BCUT2D eigenvalue weighted by Crippen LogP contribution is 2.27. The first-order chi connectivity index (χ1) is 6.49. The lowest BCUT2D eigenvalue weighted by Gasteiger charge is -2.29. The summed E-state index contributed by atoms with van der Waals surface area (Å²) < 4.78 is 7.26. The maximum absolute atomic E-state index is 10.0. The molecule has 0 aliphatic carbocycles. The average molecular weight is 198 g/mol. The largest absolute Gasteiger partial charge is 0.382 e. The topological polar surface area (TPSA) is 47.3 Å². The predicted molar refractivity (Wildman–Crippen MR) is 53.9 cm³/mol. The van der Waals surface area contributed by atoms with Crippen LogP contribution in [0.2, 0.25) is 0 Å². The first-order valence-corrected chi connectivity index (χ1v) is 4.78. The van der Waals surface area contributed by atoms with Gasteiger partial charge in [0.25, 0.3) is 0 Å². The quantitative estimate of drug-likeness (QED) is 0.792. The monoisotopic (exact) mass is 198 g/mol. The van der Waals surface area contributed by atoms with Crippen molar-refractivity contribution in [2.75, 3.05) is 6.61 Å². The summed E-state index contributed by atoms with van der Waals surface area (Å²) in [5.41, 5.74) is -0.603. The van der Waals surface area contributed by atoms with Crippen LogP contribution in [0.5, 0.6) is 0 Å². The molecule has 0 spiro atoms. The standard InChI is InChI=1S/C10H18N2O2/c1-5-14-10(2,3)8(13)9-11-6-7-12(9)4/h6-8,13H,5H2,1-4H3. The molecule has 1 unspecified atom stereocenters. The van der Waals surface area contributed by atoms with E-state index in [0.717, 1.165) is 0 Å². The molecule has 4 nitrogen and oxygen atoms in total. The normalized spacial score (nSPS) is 14.4. The van der Waals surface area contributed by atoms with E-state index in [1.54, 1.807) is 17.0 Å². The maximum atomic E-state index is 10.0. The summed E-state index contributed by atoms with van der Waals surface area (Å²) in [6.45, 7) is 6.20. The van der Waals surface area contributed by atoms with E-state index in [-0.39, 0.29) is 0 Å². The molecule has 0 bridgehead atoms. The van der Waals surface area contributed by atoms with Crippen molar-refractivity contribution in [3.8, 4) is 0 Å². The van der Waals surface area contributed by atoms with E-state index in [1.807, 2.05) is 27.8 Å². The number of hydrogen-bond donors (Lipinski definition) is 1. The van der Waals surface area contributed by atoms with E-state index in [2.05, 4.69) is 4.98 Å². The van der Waals surface area contributed by atoms with Crippen molar-refractivity contribution in [2.24, 2.45) is 7.05 Å². The fourth-order valence-corrected chi connectivity index (χ4v) is 1.40. The fraction of sp³-hybridized carbons (Fsp3) is 0.700. The lowest BCUT2D eigenvalue weighted by Crippen LogP contribution is -2.34. The van der Waals surface area contributed by atoms with Gasteiger partial charge >= 0.3 is 0 Å². The van der Waals surface area contributed by atoms with Crippen LogP contribution in [0.4, 0.5) is 0 Å². The van der Waals surface area contributed by atoms with E-state index in [9.17, 15) is 5.11 Å². The molecule has 1 N–H and O–H groups in total. The number of ether oxygens (including phenoxy) is 1. The summed E-state index contributed by atoms with van der Waals surface area (Å²) in [7, 11) is 1.85. The minimum atomic E-state index is -0.706. The lowest BCUT2D eigenvalue weighted by molar-refractivity contribution is -0.102. The van der Waals surface area contributed by atoms with Crippen molar-refractivity contribution in [3.05, 3.63) is 18.2 Å². The molecular formula is C10H18N2O2. The summed E-state index contributed by atoms with van der Waals surface area (Å²) in [6, 6.07) is 0. The molecule has 0 saturated carbocycles. The summed E-state index contributed by atoms with van der Waals surface area (Å²) in [5.74, 6) is 0.628. The Kier molecular flexibility index (Phi) is 3.29. The molecule has 4 heteroatoms. The number of hydrogen-bond acceptors (Lipinski definition) is 3. The van der Waals surface area contributed by atoms with Crippen LogP contribution < -0.4 is 0 Å². The van der Waals surface area contributed by atoms with Gasteiger partial charge in [0.1, 0.15) is 11.9 Å². The first kappa shape index (κ1) is 11.2. The molecule has 1 rings (SSSR count). The molecular weight excluding hydrogens is 180 g/mol. The van der Waals surface area contributed by atoms with Gasteiger partial charge < -0.3 is 14.4 Å². The molecule has 0 radical (unpaired) electrons. The molecule has 1 aromatic rings. The Balaban J connectivity index is 2.84. The molecule has 1 heterocycles. The Morgan fingerprint density at radius 1 is 1.64 bits per heavy atom. The van der Waals surface area contributed by atoms with E-state index < -0.39 is 11.7 Å². The molecule has 80 valence electrons. The van der Waals surface area contributed by atoms with Crippen molar-refractivity contribution in [1.29, 1.82) is 0 Å². The minimum Gasteiger partial charge on any atom is -0.382 e. The van der Waals surface area contributed by atoms with Gasteiger partial charge in [-0.05, 0) is 20.8 Å². The Labute approximate surface area is 84.5 Å². The smallest absolute Gasteiger partial charge is 0.140 e.